The average Bonchev–Trinajstić information content (AvgIpc) is 2.25. The van der Waals surface area contributed by atoms with Gasteiger partial charge in [-0.15, -0.1) is 0 Å². The van der Waals surface area contributed by atoms with E-state index in [4.69, 9.17) is 0 Å². The van der Waals surface area contributed by atoms with E-state index in [9.17, 15) is 5.11 Å². The molecule has 0 spiro atoms. The molecular formula is C12H22N4O. The lowest BCUT2D eigenvalue weighted by Crippen LogP contribution is -2.39. The van der Waals surface area contributed by atoms with Crippen molar-refractivity contribution in [2.24, 2.45) is 0 Å². The fourth-order valence-corrected chi connectivity index (χ4v) is 1.55. The summed E-state index contributed by atoms with van der Waals surface area (Å²) in [5.41, 5.74) is -0.737. The second kappa shape index (κ2) is 5.31. The van der Waals surface area contributed by atoms with Gasteiger partial charge in [0, 0.05) is 33.4 Å². The molecule has 0 radical (unpaired) electrons. The van der Waals surface area contributed by atoms with Crippen molar-refractivity contribution < 1.29 is 5.11 Å². The van der Waals surface area contributed by atoms with Crippen LogP contribution in [0.2, 0.25) is 0 Å². The highest BCUT2D eigenvalue weighted by molar-refractivity contribution is 5.43. The Bertz CT molecular complexity index is 360. The van der Waals surface area contributed by atoms with E-state index in [0.29, 0.717) is 12.5 Å². The van der Waals surface area contributed by atoms with Crippen LogP contribution < -0.4 is 9.80 Å². The fraction of sp³-hybridized carbons (Fsp3) is 0.667. The molecule has 0 aliphatic heterocycles. The summed E-state index contributed by atoms with van der Waals surface area (Å²) in [6.45, 7) is 6.98. The third kappa shape index (κ3) is 4.19. The molecule has 1 rings (SSSR count). The highest BCUT2D eigenvalue weighted by atomic mass is 16.3. The molecule has 17 heavy (non-hydrogen) atoms. The zero-order chi connectivity index (χ0) is 13.1. The maximum Gasteiger partial charge on any atom is 0.226 e. The number of aromatic nitrogens is 2. The minimum Gasteiger partial charge on any atom is -0.389 e. The van der Waals surface area contributed by atoms with Crippen molar-refractivity contribution in [1.29, 1.82) is 0 Å². The molecule has 0 bridgehead atoms. The first-order valence-corrected chi connectivity index (χ1v) is 5.81. The quantitative estimate of drug-likeness (QED) is 0.833. The SMILES string of the molecule is CCN(CC(C)(C)O)c1ccnc(N(C)C)n1. The minimum absolute atomic E-state index is 0.549. The van der Waals surface area contributed by atoms with Crippen molar-refractivity contribution >= 4 is 11.8 Å². The molecule has 0 aliphatic rings. The lowest BCUT2D eigenvalue weighted by Gasteiger charge is -2.29. The summed E-state index contributed by atoms with van der Waals surface area (Å²) in [4.78, 5) is 12.5. The molecule has 0 amide bonds. The van der Waals surface area contributed by atoms with Crippen LogP contribution in [0.3, 0.4) is 0 Å². The first kappa shape index (κ1) is 13.7. The van der Waals surface area contributed by atoms with E-state index in [2.05, 4.69) is 9.97 Å². The standard InChI is InChI=1S/C12H22N4O/c1-6-16(9-12(2,3)17)10-7-8-13-11(14-10)15(4)5/h7-8,17H,6,9H2,1-5H3. The second-order valence-electron chi connectivity index (χ2n) is 4.94. The fourth-order valence-electron chi connectivity index (χ4n) is 1.55. The van der Waals surface area contributed by atoms with Gasteiger partial charge in [-0.05, 0) is 26.8 Å². The number of nitrogens with zero attached hydrogens (tertiary/aromatic N) is 4. The largest absolute Gasteiger partial charge is 0.389 e. The number of rotatable bonds is 5. The van der Waals surface area contributed by atoms with Crippen LogP contribution in [0.4, 0.5) is 11.8 Å². The van der Waals surface area contributed by atoms with Crippen LogP contribution in [0.5, 0.6) is 0 Å². The molecule has 0 aromatic carbocycles. The Hall–Kier alpha value is -1.36. The summed E-state index contributed by atoms with van der Waals surface area (Å²) in [5, 5.41) is 9.86. The van der Waals surface area contributed by atoms with Crippen LogP contribution in [-0.2, 0) is 0 Å². The predicted octanol–water partition coefficient (Wildman–Crippen LogP) is 1.14. The summed E-state index contributed by atoms with van der Waals surface area (Å²) in [5.74, 6) is 1.52. The van der Waals surface area contributed by atoms with Crippen LogP contribution in [0.1, 0.15) is 20.8 Å². The molecule has 0 atom stereocenters. The number of aliphatic hydroxyl groups is 1. The molecule has 5 heteroatoms. The zero-order valence-corrected chi connectivity index (χ0v) is 11.3. The topological polar surface area (TPSA) is 52.5 Å². The third-order valence-electron chi connectivity index (χ3n) is 2.31. The van der Waals surface area contributed by atoms with Gasteiger partial charge in [-0.2, -0.15) is 4.98 Å². The monoisotopic (exact) mass is 238 g/mol. The van der Waals surface area contributed by atoms with E-state index in [0.717, 1.165) is 12.4 Å². The van der Waals surface area contributed by atoms with E-state index >= 15 is 0 Å². The summed E-state index contributed by atoms with van der Waals surface area (Å²) < 4.78 is 0. The normalized spacial score (nSPS) is 11.4. The Labute approximate surface area is 103 Å². The Morgan fingerprint density at radius 1 is 1.35 bits per heavy atom. The van der Waals surface area contributed by atoms with Gasteiger partial charge in [-0.25, -0.2) is 4.98 Å². The molecule has 0 aliphatic carbocycles. The maximum absolute atomic E-state index is 9.86. The van der Waals surface area contributed by atoms with Crippen molar-refractivity contribution in [2.45, 2.75) is 26.4 Å². The Balaban J connectivity index is 2.92. The van der Waals surface area contributed by atoms with Crippen LogP contribution in [-0.4, -0.2) is 47.9 Å². The summed E-state index contributed by atoms with van der Waals surface area (Å²) in [6.07, 6.45) is 1.74. The molecule has 1 aromatic heterocycles. The second-order valence-corrected chi connectivity index (χ2v) is 4.94. The van der Waals surface area contributed by atoms with Crippen LogP contribution >= 0.6 is 0 Å². The highest BCUT2D eigenvalue weighted by Gasteiger charge is 2.18. The lowest BCUT2D eigenvalue weighted by molar-refractivity contribution is 0.0874. The molecule has 0 fully saturated rings. The molecule has 1 aromatic rings. The van der Waals surface area contributed by atoms with Gasteiger partial charge >= 0.3 is 0 Å². The third-order valence-corrected chi connectivity index (χ3v) is 2.31. The van der Waals surface area contributed by atoms with Crippen LogP contribution in [0.15, 0.2) is 12.3 Å². The van der Waals surface area contributed by atoms with Gasteiger partial charge in [0.15, 0.2) is 0 Å². The van der Waals surface area contributed by atoms with Crippen molar-refractivity contribution in [3.8, 4) is 0 Å². The van der Waals surface area contributed by atoms with E-state index < -0.39 is 5.60 Å². The summed E-state index contributed by atoms with van der Waals surface area (Å²) in [6, 6.07) is 1.86. The summed E-state index contributed by atoms with van der Waals surface area (Å²) in [7, 11) is 3.82. The van der Waals surface area contributed by atoms with Gasteiger partial charge in [0.25, 0.3) is 0 Å². The van der Waals surface area contributed by atoms with Crippen molar-refractivity contribution in [2.75, 3.05) is 37.0 Å². The molecule has 1 heterocycles. The number of hydrogen-bond donors (Lipinski definition) is 1. The highest BCUT2D eigenvalue weighted by Crippen LogP contribution is 2.16. The van der Waals surface area contributed by atoms with E-state index in [1.165, 1.54) is 0 Å². The van der Waals surface area contributed by atoms with Crippen LogP contribution in [0, 0.1) is 0 Å². The molecule has 0 saturated heterocycles. The molecule has 96 valence electrons. The van der Waals surface area contributed by atoms with Gasteiger partial charge < -0.3 is 14.9 Å². The van der Waals surface area contributed by atoms with Gasteiger partial charge in [-0.3, -0.25) is 0 Å². The number of anilines is 2. The van der Waals surface area contributed by atoms with Gasteiger partial charge in [-0.1, -0.05) is 0 Å². The van der Waals surface area contributed by atoms with Gasteiger partial charge in [0.05, 0.1) is 5.60 Å². The molecular weight excluding hydrogens is 216 g/mol. The van der Waals surface area contributed by atoms with Crippen molar-refractivity contribution in [3.05, 3.63) is 12.3 Å². The Morgan fingerprint density at radius 3 is 2.47 bits per heavy atom. The van der Waals surface area contributed by atoms with Gasteiger partial charge in [0.1, 0.15) is 5.82 Å². The minimum atomic E-state index is -0.737. The van der Waals surface area contributed by atoms with Crippen molar-refractivity contribution in [3.63, 3.8) is 0 Å². The molecule has 0 unspecified atom stereocenters. The maximum atomic E-state index is 9.86. The average molecular weight is 238 g/mol. The Kier molecular flexibility index (Phi) is 4.28. The first-order chi connectivity index (χ1) is 7.83. The molecule has 5 nitrogen and oxygen atoms in total. The van der Waals surface area contributed by atoms with E-state index in [1.54, 1.807) is 20.0 Å². The van der Waals surface area contributed by atoms with Crippen LogP contribution in [0.25, 0.3) is 0 Å². The molecule has 0 saturated carbocycles. The summed E-state index contributed by atoms with van der Waals surface area (Å²) >= 11 is 0. The van der Waals surface area contributed by atoms with Crippen molar-refractivity contribution in [1.82, 2.24) is 9.97 Å². The number of likely N-dealkylation sites (N-methyl/N-ethyl adjacent to an activating group) is 1. The van der Waals surface area contributed by atoms with E-state index in [1.807, 2.05) is 36.9 Å². The predicted molar refractivity (Wildman–Crippen MR) is 70.5 cm³/mol. The smallest absolute Gasteiger partial charge is 0.226 e. The molecule has 1 N–H and O–H groups in total. The lowest BCUT2D eigenvalue weighted by atomic mass is 10.1. The van der Waals surface area contributed by atoms with E-state index in [-0.39, 0.29) is 0 Å². The number of hydrogen-bond acceptors (Lipinski definition) is 5. The Morgan fingerprint density at radius 2 is 2.00 bits per heavy atom. The van der Waals surface area contributed by atoms with Gasteiger partial charge in [0.2, 0.25) is 5.95 Å². The first-order valence-electron chi connectivity index (χ1n) is 5.81. The zero-order valence-electron chi connectivity index (χ0n) is 11.3.